The molecule has 0 spiro atoms. The van der Waals surface area contributed by atoms with Crippen LogP contribution in [0.4, 0.5) is 0 Å². The first kappa shape index (κ1) is 22.3. The van der Waals surface area contributed by atoms with Gasteiger partial charge in [0.05, 0.1) is 22.9 Å². The van der Waals surface area contributed by atoms with Crippen molar-refractivity contribution in [3.63, 3.8) is 0 Å². The third-order valence-electron chi connectivity index (χ3n) is 6.30. The number of aromatic nitrogens is 2. The minimum Gasteiger partial charge on any atom is -0.436 e. The summed E-state index contributed by atoms with van der Waals surface area (Å²) in [6, 6.07) is 20.3. The number of oxazole rings is 1. The van der Waals surface area contributed by atoms with Gasteiger partial charge >= 0.3 is 0 Å². The topological polar surface area (TPSA) is 84.3 Å². The van der Waals surface area contributed by atoms with Gasteiger partial charge in [0.25, 0.3) is 10.1 Å². The molecule has 0 saturated carbocycles. The van der Waals surface area contributed by atoms with Crippen LogP contribution in [0.1, 0.15) is 17.5 Å². The van der Waals surface area contributed by atoms with Crippen molar-refractivity contribution in [2.45, 2.75) is 26.8 Å². The number of rotatable bonds is 6. The molecular weight excluding hydrogens is 448 g/mol. The zero-order chi connectivity index (χ0) is 23.9. The molecule has 5 aromatic rings. The van der Waals surface area contributed by atoms with Gasteiger partial charge in [-0.15, -0.1) is 0 Å². The standard InChI is InChI=1S/C27H24N2O4S/c1-18-16-24(21-9-4-3-8-20(21)19(18)2)26-17-28-27(33-26)23-12-14-29(13-7-15-34(30,31)32)25-11-6-5-10-22(23)25/h3-6,8-12,14,16-17H,7,13,15H2,1-2H3/p+1. The maximum absolute atomic E-state index is 11.1. The van der Waals surface area contributed by atoms with E-state index in [-0.39, 0.29) is 5.75 Å². The van der Waals surface area contributed by atoms with E-state index < -0.39 is 10.1 Å². The average molecular weight is 474 g/mol. The Labute approximate surface area is 198 Å². The Balaban J connectivity index is 1.56. The highest BCUT2D eigenvalue weighted by Crippen LogP contribution is 2.35. The zero-order valence-corrected chi connectivity index (χ0v) is 19.8. The quantitative estimate of drug-likeness (QED) is 0.260. The molecule has 0 unspecified atom stereocenters. The molecule has 0 bridgehead atoms. The van der Waals surface area contributed by atoms with Gasteiger partial charge in [-0.05, 0) is 47.9 Å². The second-order valence-electron chi connectivity index (χ2n) is 8.52. The van der Waals surface area contributed by atoms with Crippen molar-refractivity contribution in [2.24, 2.45) is 0 Å². The molecular formula is C27H25N2O4S+. The Hall–Kier alpha value is -3.55. The van der Waals surface area contributed by atoms with Crippen molar-refractivity contribution >= 4 is 31.8 Å². The van der Waals surface area contributed by atoms with Gasteiger partial charge in [0.2, 0.25) is 11.4 Å². The molecule has 2 aromatic heterocycles. The molecule has 0 aliphatic heterocycles. The van der Waals surface area contributed by atoms with Gasteiger partial charge in [-0.2, -0.15) is 13.0 Å². The normalized spacial score (nSPS) is 12.0. The van der Waals surface area contributed by atoms with Crippen LogP contribution in [0.2, 0.25) is 0 Å². The SMILES string of the molecule is Cc1cc(-c2cnc(-c3cc[n+](CCCS(=O)(=O)O)c4ccccc34)o2)c2ccccc2c1C. The Bertz CT molecular complexity index is 1640. The average Bonchev–Trinajstić information content (AvgIpc) is 3.30. The summed E-state index contributed by atoms with van der Waals surface area (Å²) in [5.74, 6) is 0.963. The molecule has 1 N–H and O–H groups in total. The van der Waals surface area contributed by atoms with E-state index in [2.05, 4.69) is 37.0 Å². The number of fused-ring (bicyclic) bond motifs is 2. The van der Waals surface area contributed by atoms with Gasteiger partial charge in [-0.1, -0.05) is 36.4 Å². The van der Waals surface area contributed by atoms with Crippen LogP contribution in [0.25, 0.3) is 44.5 Å². The van der Waals surface area contributed by atoms with Gasteiger partial charge in [0.15, 0.2) is 12.0 Å². The predicted octanol–water partition coefficient (Wildman–Crippen LogP) is 5.50. The summed E-state index contributed by atoms with van der Waals surface area (Å²) in [5.41, 5.74) is 5.26. The van der Waals surface area contributed by atoms with Crippen molar-refractivity contribution in [1.82, 2.24) is 4.98 Å². The number of nitrogens with zero attached hydrogens (tertiary/aromatic N) is 2. The van der Waals surface area contributed by atoms with Gasteiger partial charge in [0, 0.05) is 24.1 Å². The highest BCUT2D eigenvalue weighted by atomic mass is 32.2. The van der Waals surface area contributed by atoms with Crippen LogP contribution in [0, 0.1) is 13.8 Å². The summed E-state index contributed by atoms with van der Waals surface area (Å²) < 4.78 is 39.5. The van der Waals surface area contributed by atoms with Gasteiger partial charge in [0.1, 0.15) is 6.54 Å². The van der Waals surface area contributed by atoms with Crippen LogP contribution in [-0.2, 0) is 16.7 Å². The minimum atomic E-state index is -3.98. The fourth-order valence-electron chi connectivity index (χ4n) is 4.47. The lowest BCUT2D eigenvalue weighted by Gasteiger charge is -2.10. The fourth-order valence-corrected chi connectivity index (χ4v) is 4.97. The van der Waals surface area contributed by atoms with Gasteiger partial charge < -0.3 is 4.42 Å². The molecule has 0 amide bonds. The van der Waals surface area contributed by atoms with E-state index in [4.69, 9.17) is 8.97 Å². The van der Waals surface area contributed by atoms with Crippen molar-refractivity contribution in [2.75, 3.05) is 5.75 Å². The van der Waals surface area contributed by atoms with Crippen molar-refractivity contribution in [3.8, 4) is 22.8 Å². The number of para-hydroxylation sites is 1. The summed E-state index contributed by atoms with van der Waals surface area (Å²) in [7, 11) is -3.98. The molecule has 2 heterocycles. The van der Waals surface area contributed by atoms with Crippen LogP contribution in [0.15, 0.2) is 77.5 Å². The lowest BCUT2D eigenvalue weighted by Crippen LogP contribution is -2.35. The third-order valence-corrected chi connectivity index (χ3v) is 7.11. The Morgan fingerprint density at radius 2 is 1.65 bits per heavy atom. The number of pyridine rings is 1. The summed E-state index contributed by atoms with van der Waals surface area (Å²) in [6.45, 7) is 4.70. The first-order chi connectivity index (χ1) is 16.3. The Kier molecular flexibility index (Phi) is 5.67. The molecule has 5 rings (SSSR count). The Morgan fingerprint density at radius 1 is 0.941 bits per heavy atom. The zero-order valence-electron chi connectivity index (χ0n) is 19.0. The smallest absolute Gasteiger partial charge is 0.265 e. The molecule has 7 heteroatoms. The molecule has 0 aliphatic carbocycles. The molecule has 0 fully saturated rings. The molecule has 6 nitrogen and oxygen atoms in total. The third kappa shape index (κ3) is 4.20. The molecule has 0 atom stereocenters. The number of benzene rings is 3. The number of hydrogen-bond acceptors (Lipinski definition) is 4. The van der Waals surface area contributed by atoms with E-state index >= 15 is 0 Å². The van der Waals surface area contributed by atoms with E-state index in [1.807, 2.05) is 53.2 Å². The maximum Gasteiger partial charge on any atom is 0.265 e. The molecule has 3 aromatic carbocycles. The monoisotopic (exact) mass is 473 g/mol. The first-order valence-electron chi connectivity index (χ1n) is 11.1. The largest absolute Gasteiger partial charge is 0.436 e. The molecule has 0 saturated heterocycles. The molecule has 0 radical (unpaired) electrons. The molecule has 34 heavy (non-hydrogen) atoms. The minimum absolute atomic E-state index is 0.275. The lowest BCUT2D eigenvalue weighted by molar-refractivity contribution is -0.671. The van der Waals surface area contributed by atoms with Crippen LogP contribution < -0.4 is 4.57 Å². The van der Waals surface area contributed by atoms with E-state index in [9.17, 15) is 8.42 Å². The lowest BCUT2D eigenvalue weighted by atomic mass is 9.95. The Morgan fingerprint density at radius 3 is 2.41 bits per heavy atom. The molecule has 172 valence electrons. The fraction of sp³-hybridized carbons (Fsp3) is 0.185. The van der Waals surface area contributed by atoms with Crippen molar-refractivity contribution in [3.05, 3.63) is 84.2 Å². The van der Waals surface area contributed by atoms with E-state index in [1.54, 1.807) is 6.20 Å². The summed E-state index contributed by atoms with van der Waals surface area (Å²) in [5, 5.41) is 3.28. The van der Waals surface area contributed by atoms with Crippen LogP contribution in [0.5, 0.6) is 0 Å². The summed E-state index contributed by atoms with van der Waals surface area (Å²) >= 11 is 0. The van der Waals surface area contributed by atoms with Crippen LogP contribution >= 0.6 is 0 Å². The number of hydrogen-bond donors (Lipinski definition) is 1. The van der Waals surface area contributed by atoms with E-state index in [1.165, 1.54) is 16.5 Å². The second kappa shape index (κ2) is 8.66. The van der Waals surface area contributed by atoms with Crippen LogP contribution in [0.3, 0.4) is 0 Å². The van der Waals surface area contributed by atoms with E-state index in [0.29, 0.717) is 24.6 Å². The van der Waals surface area contributed by atoms with Gasteiger partial charge in [-0.3, -0.25) is 4.55 Å². The van der Waals surface area contributed by atoms with Crippen LogP contribution in [-0.4, -0.2) is 23.7 Å². The first-order valence-corrected chi connectivity index (χ1v) is 12.7. The summed E-state index contributed by atoms with van der Waals surface area (Å²) in [4.78, 5) is 4.61. The second-order valence-corrected chi connectivity index (χ2v) is 10.1. The highest BCUT2D eigenvalue weighted by molar-refractivity contribution is 7.85. The maximum atomic E-state index is 11.1. The number of aryl methyl sites for hydroxylation is 3. The predicted molar refractivity (Wildman–Crippen MR) is 133 cm³/mol. The van der Waals surface area contributed by atoms with Crippen molar-refractivity contribution < 1.29 is 22.0 Å². The molecule has 0 aliphatic rings. The van der Waals surface area contributed by atoms with E-state index in [0.717, 1.165) is 27.4 Å². The van der Waals surface area contributed by atoms with Gasteiger partial charge in [-0.25, -0.2) is 4.98 Å². The van der Waals surface area contributed by atoms with Crippen molar-refractivity contribution in [1.29, 1.82) is 0 Å². The summed E-state index contributed by atoms with van der Waals surface area (Å²) in [6.07, 6.45) is 3.99. The highest BCUT2D eigenvalue weighted by Gasteiger charge is 2.19.